The maximum absolute atomic E-state index is 12.3. The zero-order valence-corrected chi connectivity index (χ0v) is 9.52. The highest BCUT2D eigenvalue weighted by Gasteiger charge is 2.05. The SMILES string of the molecule is Nc1ccncc1N([O-])n1ccc2ccccc21. The van der Waals surface area contributed by atoms with Crippen LogP contribution in [0.2, 0.25) is 0 Å². The third kappa shape index (κ3) is 1.57. The fraction of sp³-hybridized carbons (Fsp3) is 0. The molecule has 0 aliphatic rings. The Morgan fingerprint density at radius 1 is 1.17 bits per heavy atom. The van der Waals surface area contributed by atoms with Gasteiger partial charge in [0.15, 0.2) is 0 Å². The number of benzene rings is 1. The summed E-state index contributed by atoms with van der Waals surface area (Å²) in [5.74, 6) is 0. The Balaban J connectivity index is 2.13. The van der Waals surface area contributed by atoms with Gasteiger partial charge >= 0.3 is 0 Å². The van der Waals surface area contributed by atoms with E-state index >= 15 is 0 Å². The van der Waals surface area contributed by atoms with Crippen molar-refractivity contribution in [1.82, 2.24) is 9.66 Å². The van der Waals surface area contributed by atoms with Gasteiger partial charge in [0.05, 0.1) is 23.1 Å². The summed E-state index contributed by atoms with van der Waals surface area (Å²) < 4.78 is 1.50. The number of rotatable bonds is 2. The second kappa shape index (κ2) is 4.05. The molecule has 0 saturated heterocycles. The second-order valence-corrected chi connectivity index (χ2v) is 3.93. The minimum atomic E-state index is 0.332. The molecular formula is C13H11N4O-. The van der Waals surface area contributed by atoms with E-state index in [0.717, 1.165) is 16.1 Å². The van der Waals surface area contributed by atoms with E-state index in [9.17, 15) is 5.21 Å². The summed E-state index contributed by atoms with van der Waals surface area (Å²) in [6.07, 6.45) is 4.72. The predicted octanol–water partition coefficient (Wildman–Crippen LogP) is 2.39. The summed E-state index contributed by atoms with van der Waals surface area (Å²) in [5, 5.41) is 14.0. The fourth-order valence-electron chi connectivity index (χ4n) is 1.90. The summed E-state index contributed by atoms with van der Waals surface area (Å²) in [7, 11) is 0. The number of para-hydroxylation sites is 1. The van der Waals surface area contributed by atoms with Gasteiger partial charge in [0, 0.05) is 17.8 Å². The number of aromatic nitrogens is 2. The Kier molecular flexibility index (Phi) is 2.39. The molecule has 5 heteroatoms. The Hall–Kier alpha value is -2.53. The third-order valence-electron chi connectivity index (χ3n) is 2.81. The van der Waals surface area contributed by atoms with Crippen LogP contribution in [0.25, 0.3) is 10.9 Å². The number of hydrogen-bond donors (Lipinski definition) is 1. The van der Waals surface area contributed by atoms with Crippen LogP contribution >= 0.6 is 0 Å². The normalized spacial score (nSPS) is 10.7. The highest BCUT2D eigenvalue weighted by Crippen LogP contribution is 2.24. The molecule has 18 heavy (non-hydrogen) atoms. The quantitative estimate of drug-likeness (QED) is 0.697. The van der Waals surface area contributed by atoms with E-state index in [1.54, 1.807) is 18.5 Å². The maximum Gasteiger partial charge on any atom is 0.0873 e. The number of nitrogens with two attached hydrogens (primary N) is 1. The van der Waals surface area contributed by atoms with Crippen LogP contribution in [0.5, 0.6) is 0 Å². The van der Waals surface area contributed by atoms with E-state index in [1.165, 1.54) is 10.9 Å². The second-order valence-electron chi connectivity index (χ2n) is 3.93. The van der Waals surface area contributed by atoms with Crippen molar-refractivity contribution in [3.05, 3.63) is 60.2 Å². The van der Waals surface area contributed by atoms with Gasteiger partial charge in [-0.1, -0.05) is 18.2 Å². The van der Waals surface area contributed by atoms with Gasteiger partial charge in [-0.05, 0) is 18.2 Å². The third-order valence-corrected chi connectivity index (χ3v) is 2.81. The first-order chi connectivity index (χ1) is 8.77. The molecule has 3 aromatic rings. The molecule has 2 aromatic heterocycles. The van der Waals surface area contributed by atoms with Crippen LogP contribution in [0.1, 0.15) is 0 Å². The smallest absolute Gasteiger partial charge is 0.0873 e. The molecule has 0 radical (unpaired) electrons. The molecule has 1 aromatic carbocycles. The molecule has 2 N–H and O–H groups in total. The van der Waals surface area contributed by atoms with Gasteiger partial charge in [0.1, 0.15) is 0 Å². The molecule has 0 amide bonds. The number of nitrogen functional groups attached to an aromatic ring is 1. The summed E-state index contributed by atoms with van der Waals surface area (Å²) in [6.45, 7) is 0. The standard InChI is InChI=1S/C13H11N4O/c14-11-5-7-15-9-13(11)17(18)16-8-6-10-3-1-2-4-12(10)16/h1-9H,(H2,14,15)/q-1. The van der Waals surface area contributed by atoms with Crippen LogP contribution in [0.4, 0.5) is 11.4 Å². The maximum atomic E-state index is 12.3. The van der Waals surface area contributed by atoms with Gasteiger partial charge in [-0.3, -0.25) is 9.66 Å². The summed E-state index contributed by atoms with van der Waals surface area (Å²) >= 11 is 0. The van der Waals surface area contributed by atoms with E-state index in [1.807, 2.05) is 30.3 Å². The first kappa shape index (κ1) is 10.6. The molecule has 0 atom stereocenters. The Labute approximate surface area is 104 Å². The van der Waals surface area contributed by atoms with Crippen LogP contribution in [0.15, 0.2) is 55.0 Å². The van der Waals surface area contributed by atoms with Crippen LogP contribution in [0, 0.1) is 5.21 Å². The lowest BCUT2D eigenvalue weighted by atomic mass is 10.3. The van der Waals surface area contributed by atoms with Crippen LogP contribution in [-0.2, 0) is 0 Å². The van der Waals surface area contributed by atoms with Gasteiger partial charge in [-0.15, -0.1) is 0 Å². The molecule has 0 fully saturated rings. The monoisotopic (exact) mass is 239 g/mol. The Morgan fingerprint density at radius 2 is 2.00 bits per heavy atom. The van der Waals surface area contributed by atoms with E-state index in [0.29, 0.717) is 11.4 Å². The van der Waals surface area contributed by atoms with Crippen LogP contribution in [-0.4, -0.2) is 9.66 Å². The van der Waals surface area contributed by atoms with Crippen LogP contribution < -0.4 is 10.9 Å². The molecule has 0 aliphatic heterocycles. The topological polar surface area (TPSA) is 70.1 Å². The van der Waals surface area contributed by atoms with Crippen molar-refractivity contribution in [1.29, 1.82) is 0 Å². The summed E-state index contributed by atoms with van der Waals surface area (Å²) in [5.41, 5.74) is 7.34. The van der Waals surface area contributed by atoms with E-state index in [4.69, 9.17) is 5.73 Å². The minimum Gasteiger partial charge on any atom is -0.738 e. The molecule has 2 heterocycles. The van der Waals surface area contributed by atoms with Crippen molar-refractivity contribution < 1.29 is 0 Å². The Morgan fingerprint density at radius 3 is 2.83 bits per heavy atom. The van der Waals surface area contributed by atoms with Crippen molar-refractivity contribution in [3.63, 3.8) is 0 Å². The predicted molar refractivity (Wildman–Crippen MR) is 71.8 cm³/mol. The lowest BCUT2D eigenvalue weighted by Gasteiger charge is -2.32. The van der Waals surface area contributed by atoms with Gasteiger partial charge < -0.3 is 16.1 Å². The Bertz CT molecular complexity index is 692. The average molecular weight is 239 g/mol. The number of nitrogens with zero attached hydrogens (tertiary/aromatic N) is 3. The molecule has 3 rings (SSSR count). The number of pyridine rings is 1. The van der Waals surface area contributed by atoms with Crippen molar-refractivity contribution in [2.24, 2.45) is 0 Å². The number of hydrogen-bond acceptors (Lipinski definition) is 4. The molecule has 90 valence electrons. The first-order valence-corrected chi connectivity index (χ1v) is 5.50. The van der Waals surface area contributed by atoms with Crippen LogP contribution in [0.3, 0.4) is 0 Å². The van der Waals surface area contributed by atoms with Crippen molar-refractivity contribution in [3.8, 4) is 0 Å². The lowest BCUT2D eigenvalue weighted by Crippen LogP contribution is -2.22. The van der Waals surface area contributed by atoms with Crippen molar-refractivity contribution in [2.75, 3.05) is 10.9 Å². The number of anilines is 2. The lowest BCUT2D eigenvalue weighted by molar-refractivity contribution is 0.848. The summed E-state index contributed by atoms with van der Waals surface area (Å²) in [6, 6.07) is 11.1. The van der Waals surface area contributed by atoms with Gasteiger partial charge in [-0.25, -0.2) is 0 Å². The molecular weight excluding hydrogens is 228 g/mol. The van der Waals surface area contributed by atoms with Gasteiger partial charge in [-0.2, -0.15) is 0 Å². The summed E-state index contributed by atoms with van der Waals surface area (Å²) in [4.78, 5) is 3.92. The molecule has 5 nitrogen and oxygen atoms in total. The van der Waals surface area contributed by atoms with E-state index in [2.05, 4.69) is 4.98 Å². The zero-order valence-electron chi connectivity index (χ0n) is 9.52. The van der Waals surface area contributed by atoms with Gasteiger partial charge in [0.25, 0.3) is 0 Å². The zero-order chi connectivity index (χ0) is 12.5. The fourth-order valence-corrected chi connectivity index (χ4v) is 1.90. The van der Waals surface area contributed by atoms with Gasteiger partial charge in [0.2, 0.25) is 0 Å². The van der Waals surface area contributed by atoms with Crippen molar-refractivity contribution >= 4 is 22.3 Å². The highest BCUT2D eigenvalue weighted by molar-refractivity contribution is 5.81. The molecule has 0 saturated carbocycles. The average Bonchev–Trinajstić information content (AvgIpc) is 2.82. The molecule has 0 bridgehead atoms. The molecule has 0 spiro atoms. The largest absolute Gasteiger partial charge is 0.738 e. The van der Waals surface area contributed by atoms with E-state index < -0.39 is 0 Å². The minimum absolute atomic E-state index is 0.332. The van der Waals surface area contributed by atoms with E-state index in [-0.39, 0.29) is 0 Å². The molecule has 0 aliphatic carbocycles. The van der Waals surface area contributed by atoms with Crippen molar-refractivity contribution in [2.45, 2.75) is 0 Å². The highest BCUT2D eigenvalue weighted by atomic mass is 16.5. The molecule has 0 unspecified atom stereocenters. The first-order valence-electron chi connectivity index (χ1n) is 5.50. The number of fused-ring (bicyclic) bond motifs is 1.